The SMILES string of the molecule is Cc1cccc(C(=O)Oc2c(Br)cc(Br)cc2/C=N/NC(=O)CNC(=O)c2ccc(Cl)cc2)c1. The van der Waals surface area contributed by atoms with E-state index >= 15 is 0 Å². The molecule has 0 spiro atoms. The van der Waals surface area contributed by atoms with Gasteiger partial charge in [0, 0.05) is 20.6 Å². The van der Waals surface area contributed by atoms with Gasteiger partial charge in [0.05, 0.1) is 22.8 Å². The van der Waals surface area contributed by atoms with Gasteiger partial charge < -0.3 is 10.1 Å². The van der Waals surface area contributed by atoms with Gasteiger partial charge in [-0.1, -0.05) is 45.2 Å². The molecule has 2 N–H and O–H groups in total. The zero-order valence-electron chi connectivity index (χ0n) is 17.8. The largest absolute Gasteiger partial charge is 0.421 e. The van der Waals surface area contributed by atoms with Crippen LogP contribution in [0.2, 0.25) is 5.02 Å². The highest BCUT2D eigenvalue weighted by atomic mass is 79.9. The first-order valence-electron chi connectivity index (χ1n) is 9.86. The standard InChI is InChI=1S/C24H18Br2ClN3O4/c1-14-3-2-4-16(9-14)24(33)34-22-17(10-18(25)11-20(22)26)12-29-30-21(31)13-28-23(32)15-5-7-19(27)8-6-15/h2-12H,13H2,1H3,(H,28,32)(H,30,31)/b29-12+. The third kappa shape index (κ3) is 7.24. The van der Waals surface area contributed by atoms with E-state index in [1.807, 2.05) is 13.0 Å². The van der Waals surface area contributed by atoms with Gasteiger partial charge in [0.1, 0.15) is 0 Å². The predicted octanol–water partition coefficient (Wildman–Crippen LogP) is 5.27. The zero-order valence-corrected chi connectivity index (χ0v) is 21.7. The van der Waals surface area contributed by atoms with Crippen molar-refractivity contribution < 1.29 is 19.1 Å². The van der Waals surface area contributed by atoms with Crippen molar-refractivity contribution in [1.29, 1.82) is 0 Å². The lowest BCUT2D eigenvalue weighted by atomic mass is 10.1. The van der Waals surface area contributed by atoms with Crippen molar-refractivity contribution in [2.45, 2.75) is 6.92 Å². The number of halogens is 3. The second kappa shape index (κ2) is 11.9. The van der Waals surface area contributed by atoms with Crippen LogP contribution < -0.4 is 15.5 Å². The molecular weight excluding hydrogens is 590 g/mol. The van der Waals surface area contributed by atoms with Crippen LogP contribution in [0, 0.1) is 6.92 Å². The number of ether oxygens (including phenoxy) is 1. The molecule has 10 heteroatoms. The Morgan fingerprint density at radius 2 is 1.76 bits per heavy atom. The number of hydrogen-bond donors (Lipinski definition) is 2. The molecule has 3 aromatic carbocycles. The number of esters is 1. The van der Waals surface area contributed by atoms with E-state index < -0.39 is 17.8 Å². The van der Waals surface area contributed by atoms with Crippen LogP contribution in [-0.2, 0) is 4.79 Å². The minimum absolute atomic E-state index is 0.240. The molecule has 7 nitrogen and oxygen atoms in total. The summed E-state index contributed by atoms with van der Waals surface area (Å²) < 4.78 is 6.81. The number of rotatable bonds is 7. The quantitative estimate of drug-likeness (QED) is 0.166. The lowest BCUT2D eigenvalue weighted by Gasteiger charge is -2.11. The third-order valence-corrected chi connectivity index (χ3v) is 5.69. The van der Waals surface area contributed by atoms with Gasteiger partial charge in [-0.05, 0) is 71.4 Å². The molecule has 3 rings (SSSR count). The Labute approximate surface area is 217 Å². The summed E-state index contributed by atoms with van der Waals surface area (Å²) in [6.07, 6.45) is 1.34. The monoisotopic (exact) mass is 605 g/mol. The number of aryl methyl sites for hydroxylation is 1. The maximum atomic E-state index is 12.6. The highest BCUT2D eigenvalue weighted by molar-refractivity contribution is 9.11. The van der Waals surface area contributed by atoms with Crippen molar-refractivity contribution in [3.63, 3.8) is 0 Å². The molecular formula is C24H18Br2ClN3O4. The van der Waals surface area contributed by atoms with Gasteiger partial charge in [0.15, 0.2) is 5.75 Å². The summed E-state index contributed by atoms with van der Waals surface area (Å²) in [6.45, 7) is 1.60. The smallest absolute Gasteiger partial charge is 0.343 e. The number of amides is 2. The van der Waals surface area contributed by atoms with Crippen LogP contribution in [0.25, 0.3) is 0 Å². The van der Waals surface area contributed by atoms with Crippen LogP contribution in [0.3, 0.4) is 0 Å². The molecule has 0 heterocycles. The first kappa shape index (κ1) is 25.6. The number of benzene rings is 3. The Morgan fingerprint density at radius 1 is 1.03 bits per heavy atom. The molecule has 0 unspecified atom stereocenters. The summed E-state index contributed by atoms with van der Waals surface area (Å²) in [5.74, 6) is -1.25. The van der Waals surface area contributed by atoms with Crippen LogP contribution in [0.4, 0.5) is 0 Å². The lowest BCUT2D eigenvalue weighted by molar-refractivity contribution is -0.120. The normalized spacial score (nSPS) is 10.7. The second-order valence-corrected chi connectivity index (χ2v) is 9.25. The number of carbonyl (C=O) groups excluding carboxylic acids is 3. The van der Waals surface area contributed by atoms with Gasteiger partial charge in [-0.3, -0.25) is 9.59 Å². The molecule has 2 amide bonds. The third-order valence-electron chi connectivity index (χ3n) is 4.39. The molecule has 0 aromatic heterocycles. The van der Waals surface area contributed by atoms with Crippen LogP contribution in [0.5, 0.6) is 5.75 Å². The molecule has 0 atom stereocenters. The Hall–Kier alpha value is -3.01. The Bertz CT molecular complexity index is 1260. The number of hydrazone groups is 1. The zero-order chi connectivity index (χ0) is 24.7. The second-order valence-electron chi connectivity index (χ2n) is 7.05. The summed E-state index contributed by atoms with van der Waals surface area (Å²) >= 11 is 12.6. The Balaban J connectivity index is 1.64. The van der Waals surface area contributed by atoms with E-state index in [4.69, 9.17) is 16.3 Å². The fourth-order valence-electron chi connectivity index (χ4n) is 2.78. The van der Waals surface area contributed by atoms with Crippen LogP contribution in [0.1, 0.15) is 31.8 Å². The minimum Gasteiger partial charge on any atom is -0.421 e. The summed E-state index contributed by atoms with van der Waals surface area (Å²) in [6, 6.07) is 16.7. The fraction of sp³-hybridized carbons (Fsp3) is 0.0833. The van der Waals surface area contributed by atoms with E-state index in [9.17, 15) is 14.4 Å². The average Bonchev–Trinajstić information content (AvgIpc) is 2.80. The molecule has 0 fully saturated rings. The van der Waals surface area contributed by atoms with Crippen LogP contribution in [0.15, 0.2) is 74.7 Å². The van der Waals surface area contributed by atoms with Crippen molar-refractivity contribution in [3.05, 3.63) is 96.9 Å². The van der Waals surface area contributed by atoms with Gasteiger partial charge in [-0.2, -0.15) is 5.10 Å². The van der Waals surface area contributed by atoms with Gasteiger partial charge in [0.2, 0.25) is 0 Å². The maximum Gasteiger partial charge on any atom is 0.343 e. The van der Waals surface area contributed by atoms with E-state index in [0.717, 1.165) is 5.56 Å². The molecule has 34 heavy (non-hydrogen) atoms. The van der Waals surface area contributed by atoms with Gasteiger partial charge in [-0.15, -0.1) is 0 Å². The summed E-state index contributed by atoms with van der Waals surface area (Å²) in [7, 11) is 0. The lowest BCUT2D eigenvalue weighted by Crippen LogP contribution is -2.34. The van der Waals surface area contributed by atoms with Crippen molar-refractivity contribution >= 4 is 67.5 Å². The van der Waals surface area contributed by atoms with Crippen molar-refractivity contribution in [3.8, 4) is 5.75 Å². The molecule has 0 aliphatic heterocycles. The van der Waals surface area contributed by atoms with Crippen LogP contribution >= 0.6 is 43.5 Å². The van der Waals surface area contributed by atoms with Gasteiger partial charge >= 0.3 is 5.97 Å². The summed E-state index contributed by atoms with van der Waals surface area (Å²) in [4.78, 5) is 36.8. The van der Waals surface area contributed by atoms with Crippen molar-refractivity contribution in [2.75, 3.05) is 6.54 Å². The molecule has 3 aromatic rings. The minimum atomic E-state index is -0.536. The maximum absolute atomic E-state index is 12.6. The molecule has 0 radical (unpaired) electrons. The van der Waals surface area contributed by atoms with E-state index in [1.165, 1.54) is 6.21 Å². The highest BCUT2D eigenvalue weighted by Gasteiger charge is 2.15. The molecule has 174 valence electrons. The summed E-state index contributed by atoms with van der Waals surface area (Å²) in [5, 5.41) is 6.91. The van der Waals surface area contributed by atoms with E-state index in [-0.39, 0.29) is 12.3 Å². The van der Waals surface area contributed by atoms with Crippen LogP contribution in [-0.4, -0.2) is 30.5 Å². The first-order valence-corrected chi connectivity index (χ1v) is 11.8. The van der Waals surface area contributed by atoms with Gasteiger partial charge in [0.25, 0.3) is 11.8 Å². The average molecular weight is 608 g/mol. The van der Waals surface area contributed by atoms with E-state index in [0.29, 0.717) is 30.7 Å². The van der Waals surface area contributed by atoms with Crippen molar-refractivity contribution in [2.24, 2.45) is 5.10 Å². The van der Waals surface area contributed by atoms with E-state index in [2.05, 4.69) is 47.7 Å². The number of nitrogens with one attached hydrogen (secondary N) is 2. The molecule has 0 saturated carbocycles. The van der Waals surface area contributed by atoms with Gasteiger partial charge in [-0.25, -0.2) is 10.2 Å². The first-order chi connectivity index (χ1) is 16.2. The summed E-state index contributed by atoms with van der Waals surface area (Å²) in [5.41, 5.74) is 4.47. The Kier molecular flexibility index (Phi) is 8.98. The fourth-order valence-corrected chi connectivity index (χ4v) is 4.25. The number of nitrogens with zero attached hydrogens (tertiary/aromatic N) is 1. The number of carbonyl (C=O) groups is 3. The number of hydrogen-bond acceptors (Lipinski definition) is 5. The molecule has 0 aliphatic carbocycles. The molecule has 0 saturated heterocycles. The predicted molar refractivity (Wildman–Crippen MR) is 138 cm³/mol. The van der Waals surface area contributed by atoms with Crippen molar-refractivity contribution in [1.82, 2.24) is 10.7 Å². The topological polar surface area (TPSA) is 96.9 Å². The van der Waals surface area contributed by atoms with E-state index in [1.54, 1.807) is 54.6 Å². The molecule has 0 aliphatic rings. The highest BCUT2D eigenvalue weighted by Crippen LogP contribution is 2.32. The molecule has 0 bridgehead atoms. The Morgan fingerprint density at radius 3 is 2.47 bits per heavy atom.